The van der Waals surface area contributed by atoms with Gasteiger partial charge in [-0.1, -0.05) is 19.3 Å². The summed E-state index contributed by atoms with van der Waals surface area (Å²) in [7, 11) is 0. The number of aliphatic hydroxyl groups is 1. The molecular formula is C17H30N2O4. The Hall–Kier alpha value is -1.30. The number of urea groups is 1. The predicted octanol–water partition coefficient (Wildman–Crippen LogP) is 2.26. The third-order valence-electron chi connectivity index (χ3n) is 5.50. The quantitative estimate of drug-likeness (QED) is 0.623. The molecule has 2 amide bonds. The second-order valence-electron chi connectivity index (χ2n) is 7.41. The third kappa shape index (κ3) is 5.37. The Balaban J connectivity index is 1.69. The summed E-state index contributed by atoms with van der Waals surface area (Å²) in [4.78, 5) is 22.9. The van der Waals surface area contributed by atoms with Crippen LogP contribution in [-0.2, 0) is 4.79 Å². The predicted molar refractivity (Wildman–Crippen MR) is 87.1 cm³/mol. The van der Waals surface area contributed by atoms with Crippen LogP contribution < -0.4 is 10.6 Å². The van der Waals surface area contributed by atoms with Gasteiger partial charge in [0.05, 0.1) is 11.5 Å². The monoisotopic (exact) mass is 326 g/mol. The van der Waals surface area contributed by atoms with Crippen LogP contribution in [0.4, 0.5) is 4.79 Å². The van der Waals surface area contributed by atoms with E-state index in [0.717, 1.165) is 25.7 Å². The second-order valence-corrected chi connectivity index (χ2v) is 7.41. The molecule has 6 heteroatoms. The van der Waals surface area contributed by atoms with E-state index in [1.807, 2.05) is 0 Å². The van der Waals surface area contributed by atoms with Gasteiger partial charge in [0.1, 0.15) is 0 Å². The summed E-state index contributed by atoms with van der Waals surface area (Å²) in [6.07, 6.45) is 8.21. The minimum Gasteiger partial charge on any atom is -0.481 e. The maximum absolute atomic E-state index is 12.0. The number of hydrogen-bond donors (Lipinski definition) is 4. The summed E-state index contributed by atoms with van der Waals surface area (Å²) in [5.74, 6) is -0.762. The third-order valence-corrected chi connectivity index (χ3v) is 5.50. The van der Waals surface area contributed by atoms with Gasteiger partial charge in [-0.05, 0) is 51.4 Å². The van der Waals surface area contributed by atoms with E-state index < -0.39 is 11.6 Å². The van der Waals surface area contributed by atoms with Crippen molar-refractivity contribution < 1.29 is 19.8 Å². The number of carboxylic acid groups (broad SMARTS) is 1. The number of hydrogen-bond acceptors (Lipinski definition) is 3. The summed E-state index contributed by atoms with van der Waals surface area (Å²) in [5, 5.41) is 25.2. The van der Waals surface area contributed by atoms with E-state index >= 15 is 0 Å². The van der Waals surface area contributed by atoms with Crippen molar-refractivity contribution in [3.63, 3.8) is 0 Å². The molecule has 0 spiro atoms. The first-order valence-corrected chi connectivity index (χ1v) is 8.88. The molecule has 4 N–H and O–H groups in total. The first kappa shape index (κ1) is 18.0. The summed E-state index contributed by atoms with van der Waals surface area (Å²) >= 11 is 0. The lowest BCUT2D eigenvalue weighted by molar-refractivity contribution is -0.142. The number of carbonyl (C=O) groups excluding carboxylic acids is 1. The molecule has 2 saturated carbocycles. The summed E-state index contributed by atoms with van der Waals surface area (Å²) in [5.41, 5.74) is -0.862. The standard InChI is InChI=1S/C17H30N2O4/c1-17(23,13-5-3-2-4-6-13)11-18-16(22)19-14-9-7-12(8-10-14)15(20)21/h12-14,23H,2-11H2,1H3,(H,20,21)(H2,18,19,22). The topological polar surface area (TPSA) is 98.7 Å². The van der Waals surface area contributed by atoms with Crippen molar-refractivity contribution >= 4 is 12.0 Å². The lowest BCUT2D eigenvalue weighted by Crippen LogP contribution is -2.51. The van der Waals surface area contributed by atoms with Gasteiger partial charge < -0.3 is 20.8 Å². The van der Waals surface area contributed by atoms with Gasteiger partial charge in [0.25, 0.3) is 0 Å². The van der Waals surface area contributed by atoms with E-state index in [2.05, 4.69) is 10.6 Å². The van der Waals surface area contributed by atoms with Gasteiger partial charge in [-0.2, -0.15) is 0 Å². The van der Waals surface area contributed by atoms with Gasteiger partial charge in [0.15, 0.2) is 0 Å². The zero-order valence-electron chi connectivity index (χ0n) is 14.0. The fraction of sp³-hybridized carbons (Fsp3) is 0.882. The number of carbonyl (C=O) groups is 2. The molecule has 1 unspecified atom stereocenters. The molecule has 2 aliphatic carbocycles. The van der Waals surface area contributed by atoms with Crippen LogP contribution in [0.15, 0.2) is 0 Å². The normalized spacial score (nSPS) is 28.6. The van der Waals surface area contributed by atoms with Crippen LogP contribution >= 0.6 is 0 Å². The molecule has 0 aromatic carbocycles. The zero-order valence-corrected chi connectivity index (χ0v) is 14.0. The SMILES string of the molecule is CC(O)(CNC(=O)NC1CCC(C(=O)O)CC1)C1CCCCC1. The highest BCUT2D eigenvalue weighted by molar-refractivity contribution is 5.74. The smallest absolute Gasteiger partial charge is 0.315 e. The zero-order chi connectivity index (χ0) is 16.9. The molecule has 2 aliphatic rings. The van der Waals surface area contributed by atoms with Gasteiger partial charge >= 0.3 is 12.0 Å². The largest absolute Gasteiger partial charge is 0.481 e. The molecule has 0 radical (unpaired) electrons. The van der Waals surface area contributed by atoms with Gasteiger partial charge in [-0.25, -0.2) is 4.79 Å². The molecule has 2 rings (SSSR count). The molecule has 2 fully saturated rings. The molecule has 6 nitrogen and oxygen atoms in total. The van der Waals surface area contributed by atoms with E-state index in [4.69, 9.17) is 5.11 Å². The first-order chi connectivity index (χ1) is 10.9. The number of rotatable bonds is 5. The fourth-order valence-electron chi connectivity index (χ4n) is 3.85. The summed E-state index contributed by atoms with van der Waals surface area (Å²) in [6, 6.07) is -0.231. The van der Waals surface area contributed by atoms with Crippen molar-refractivity contribution in [1.29, 1.82) is 0 Å². The van der Waals surface area contributed by atoms with Crippen LogP contribution in [-0.4, -0.2) is 40.4 Å². The maximum Gasteiger partial charge on any atom is 0.315 e. The summed E-state index contributed by atoms with van der Waals surface area (Å²) in [6.45, 7) is 2.06. The van der Waals surface area contributed by atoms with Crippen molar-refractivity contribution in [2.24, 2.45) is 11.8 Å². The van der Waals surface area contributed by atoms with Gasteiger partial charge in [0, 0.05) is 12.6 Å². The van der Waals surface area contributed by atoms with E-state index in [1.54, 1.807) is 6.92 Å². The minimum atomic E-state index is -0.862. The highest BCUT2D eigenvalue weighted by atomic mass is 16.4. The molecule has 0 aliphatic heterocycles. The van der Waals surface area contributed by atoms with Gasteiger partial charge in [-0.15, -0.1) is 0 Å². The Kier molecular flexibility index (Phi) is 6.27. The van der Waals surface area contributed by atoms with Crippen LogP contribution in [0.5, 0.6) is 0 Å². The molecule has 1 atom stereocenters. The number of amides is 2. The summed E-state index contributed by atoms with van der Waals surface area (Å²) < 4.78 is 0. The van der Waals surface area contributed by atoms with Crippen LogP contribution in [0.3, 0.4) is 0 Å². The van der Waals surface area contributed by atoms with Crippen molar-refractivity contribution in [2.75, 3.05) is 6.54 Å². The number of carboxylic acids is 1. The van der Waals surface area contributed by atoms with E-state index in [1.165, 1.54) is 6.42 Å². The minimum absolute atomic E-state index is 0.0326. The molecular weight excluding hydrogens is 296 g/mol. The Morgan fingerprint density at radius 1 is 1.04 bits per heavy atom. The van der Waals surface area contributed by atoms with Crippen LogP contribution in [0, 0.1) is 11.8 Å². The molecule has 0 aromatic rings. The Morgan fingerprint density at radius 3 is 2.22 bits per heavy atom. The van der Waals surface area contributed by atoms with Crippen molar-refractivity contribution in [1.82, 2.24) is 10.6 Å². The van der Waals surface area contributed by atoms with E-state index in [-0.39, 0.29) is 30.5 Å². The van der Waals surface area contributed by atoms with Crippen molar-refractivity contribution in [3.8, 4) is 0 Å². The number of aliphatic carboxylic acids is 1. The molecule has 0 saturated heterocycles. The van der Waals surface area contributed by atoms with Crippen LogP contribution in [0.1, 0.15) is 64.7 Å². The van der Waals surface area contributed by atoms with Crippen LogP contribution in [0.25, 0.3) is 0 Å². The lowest BCUT2D eigenvalue weighted by atomic mass is 9.78. The molecule has 132 valence electrons. The van der Waals surface area contributed by atoms with Gasteiger partial charge in [0.2, 0.25) is 0 Å². The molecule has 0 bridgehead atoms. The Labute approximate surface area is 138 Å². The van der Waals surface area contributed by atoms with Gasteiger partial charge in [-0.3, -0.25) is 4.79 Å². The highest BCUT2D eigenvalue weighted by Gasteiger charge is 2.33. The fourth-order valence-corrected chi connectivity index (χ4v) is 3.85. The average molecular weight is 326 g/mol. The molecule has 0 heterocycles. The molecule has 23 heavy (non-hydrogen) atoms. The lowest BCUT2D eigenvalue weighted by Gasteiger charge is -2.36. The van der Waals surface area contributed by atoms with Crippen molar-refractivity contribution in [3.05, 3.63) is 0 Å². The average Bonchev–Trinajstić information content (AvgIpc) is 2.54. The molecule has 0 aromatic heterocycles. The van der Waals surface area contributed by atoms with Crippen LogP contribution in [0.2, 0.25) is 0 Å². The van der Waals surface area contributed by atoms with Crippen molar-refractivity contribution in [2.45, 2.75) is 76.4 Å². The first-order valence-electron chi connectivity index (χ1n) is 8.88. The highest BCUT2D eigenvalue weighted by Crippen LogP contribution is 2.32. The second kappa shape index (κ2) is 7.99. The van der Waals surface area contributed by atoms with E-state index in [0.29, 0.717) is 25.7 Å². The number of nitrogens with one attached hydrogen (secondary N) is 2. The Bertz CT molecular complexity index is 411. The Morgan fingerprint density at radius 2 is 1.65 bits per heavy atom. The maximum atomic E-state index is 12.0. The van der Waals surface area contributed by atoms with E-state index in [9.17, 15) is 14.7 Å².